The predicted molar refractivity (Wildman–Crippen MR) is 98.8 cm³/mol. The van der Waals surface area contributed by atoms with Crippen molar-refractivity contribution in [2.45, 2.75) is 6.92 Å². The van der Waals surface area contributed by atoms with E-state index in [4.69, 9.17) is 8.83 Å². The van der Waals surface area contributed by atoms with Gasteiger partial charge in [-0.25, -0.2) is 4.98 Å². The van der Waals surface area contributed by atoms with E-state index >= 15 is 0 Å². The summed E-state index contributed by atoms with van der Waals surface area (Å²) < 4.78 is 11.0. The maximum absolute atomic E-state index is 12.6. The number of nitrogens with zero attached hydrogens (tertiary/aromatic N) is 1. The van der Waals surface area contributed by atoms with Crippen molar-refractivity contribution < 1.29 is 13.6 Å². The number of benzene rings is 2. The van der Waals surface area contributed by atoms with Crippen LogP contribution < -0.4 is 5.32 Å². The number of oxazole rings is 1. The van der Waals surface area contributed by atoms with Crippen molar-refractivity contribution in [3.63, 3.8) is 0 Å². The first-order valence-corrected chi connectivity index (χ1v) is 8.18. The molecule has 1 N–H and O–H groups in total. The third kappa shape index (κ3) is 3.15. The van der Waals surface area contributed by atoms with Crippen LogP contribution in [0.1, 0.15) is 16.2 Å². The minimum absolute atomic E-state index is 0.252. The lowest BCUT2D eigenvalue weighted by atomic mass is 10.1. The fourth-order valence-electron chi connectivity index (χ4n) is 2.70. The summed E-state index contributed by atoms with van der Waals surface area (Å²) in [6.45, 7) is 1.90. The molecule has 0 fully saturated rings. The SMILES string of the molecule is Cc1ccc(-c2ccc(NC(=O)c3ncoc3-c3ccccc3)cc2)o1. The highest BCUT2D eigenvalue weighted by Gasteiger charge is 2.18. The van der Waals surface area contributed by atoms with Gasteiger partial charge in [0.25, 0.3) is 5.91 Å². The lowest BCUT2D eigenvalue weighted by Gasteiger charge is -2.05. The fourth-order valence-corrected chi connectivity index (χ4v) is 2.70. The van der Waals surface area contributed by atoms with Gasteiger partial charge in [-0.15, -0.1) is 0 Å². The van der Waals surface area contributed by atoms with E-state index in [0.29, 0.717) is 11.4 Å². The average molecular weight is 344 g/mol. The lowest BCUT2D eigenvalue weighted by molar-refractivity contribution is 0.102. The van der Waals surface area contributed by atoms with Gasteiger partial charge in [0.2, 0.25) is 0 Å². The number of rotatable bonds is 4. The van der Waals surface area contributed by atoms with E-state index in [2.05, 4.69) is 10.3 Å². The number of anilines is 1. The van der Waals surface area contributed by atoms with Crippen molar-refractivity contribution >= 4 is 11.6 Å². The third-order valence-electron chi connectivity index (χ3n) is 3.99. The zero-order valence-corrected chi connectivity index (χ0v) is 14.1. The summed E-state index contributed by atoms with van der Waals surface area (Å²) in [4.78, 5) is 16.6. The van der Waals surface area contributed by atoms with Crippen LogP contribution in [0.2, 0.25) is 0 Å². The summed E-state index contributed by atoms with van der Waals surface area (Å²) >= 11 is 0. The van der Waals surface area contributed by atoms with Gasteiger partial charge >= 0.3 is 0 Å². The molecule has 2 aromatic carbocycles. The van der Waals surface area contributed by atoms with E-state index in [1.807, 2.05) is 73.7 Å². The molecule has 0 spiro atoms. The number of hydrogen-bond donors (Lipinski definition) is 1. The van der Waals surface area contributed by atoms with Crippen LogP contribution in [-0.4, -0.2) is 10.9 Å². The standard InChI is InChI=1S/C21H16N2O3/c1-14-7-12-18(26-14)15-8-10-17(11-9-15)23-21(24)19-20(25-13-22-19)16-5-3-2-4-6-16/h2-13H,1H3,(H,23,24). The topological polar surface area (TPSA) is 68.3 Å². The Balaban J connectivity index is 1.53. The zero-order chi connectivity index (χ0) is 17.9. The number of aryl methyl sites for hydroxylation is 1. The second kappa shape index (κ2) is 6.72. The molecule has 1 amide bonds. The third-order valence-corrected chi connectivity index (χ3v) is 3.99. The molecule has 0 unspecified atom stereocenters. The minimum atomic E-state index is -0.320. The molecule has 0 aliphatic heterocycles. The lowest BCUT2D eigenvalue weighted by Crippen LogP contribution is -2.13. The molecule has 0 aliphatic carbocycles. The number of furan rings is 1. The molecule has 5 nitrogen and oxygen atoms in total. The van der Waals surface area contributed by atoms with Gasteiger partial charge in [-0.05, 0) is 43.3 Å². The van der Waals surface area contributed by atoms with Gasteiger partial charge in [0.1, 0.15) is 11.5 Å². The van der Waals surface area contributed by atoms with Crippen LogP contribution in [0.15, 0.2) is 82.0 Å². The Morgan fingerprint density at radius 2 is 1.69 bits per heavy atom. The van der Waals surface area contributed by atoms with Crippen LogP contribution in [-0.2, 0) is 0 Å². The van der Waals surface area contributed by atoms with Crippen molar-refractivity contribution in [3.05, 3.63) is 84.6 Å². The van der Waals surface area contributed by atoms with E-state index in [1.165, 1.54) is 6.39 Å². The van der Waals surface area contributed by atoms with Crippen LogP contribution in [0.5, 0.6) is 0 Å². The van der Waals surface area contributed by atoms with E-state index in [-0.39, 0.29) is 11.6 Å². The maximum Gasteiger partial charge on any atom is 0.278 e. The summed E-state index contributed by atoms with van der Waals surface area (Å²) in [6, 6.07) is 20.7. The van der Waals surface area contributed by atoms with Crippen LogP contribution in [0, 0.1) is 6.92 Å². The normalized spacial score (nSPS) is 10.7. The Bertz CT molecular complexity index is 1030. The Morgan fingerprint density at radius 1 is 0.923 bits per heavy atom. The molecule has 5 heteroatoms. The summed E-state index contributed by atoms with van der Waals surface area (Å²) in [5.41, 5.74) is 2.67. The van der Waals surface area contributed by atoms with Gasteiger partial charge in [-0.1, -0.05) is 30.3 Å². The second-order valence-corrected chi connectivity index (χ2v) is 5.84. The number of aromatic nitrogens is 1. The second-order valence-electron chi connectivity index (χ2n) is 5.84. The molecule has 4 aromatic rings. The molecule has 0 radical (unpaired) electrons. The zero-order valence-electron chi connectivity index (χ0n) is 14.1. The summed E-state index contributed by atoms with van der Waals surface area (Å²) in [5, 5.41) is 2.85. The Morgan fingerprint density at radius 3 is 2.38 bits per heavy atom. The first-order chi connectivity index (χ1) is 12.7. The van der Waals surface area contributed by atoms with Crippen LogP contribution in [0.25, 0.3) is 22.6 Å². The van der Waals surface area contributed by atoms with Crippen LogP contribution in [0.3, 0.4) is 0 Å². The smallest absolute Gasteiger partial charge is 0.278 e. The molecule has 128 valence electrons. The summed E-state index contributed by atoms with van der Waals surface area (Å²) in [5.74, 6) is 1.78. The van der Waals surface area contributed by atoms with Crippen molar-refractivity contribution in [2.24, 2.45) is 0 Å². The van der Waals surface area contributed by atoms with Gasteiger partial charge < -0.3 is 14.2 Å². The molecule has 4 rings (SSSR count). The molecular formula is C21H16N2O3. The number of amides is 1. The average Bonchev–Trinajstić information content (AvgIpc) is 3.32. The largest absolute Gasteiger partial charge is 0.461 e. The highest BCUT2D eigenvalue weighted by atomic mass is 16.3. The minimum Gasteiger partial charge on any atom is -0.461 e. The maximum atomic E-state index is 12.6. The first kappa shape index (κ1) is 15.9. The fraction of sp³-hybridized carbons (Fsp3) is 0.0476. The predicted octanol–water partition coefficient (Wildman–Crippen LogP) is 5.16. The molecule has 2 heterocycles. The number of nitrogens with one attached hydrogen (secondary N) is 1. The molecule has 0 aliphatic rings. The number of hydrogen-bond acceptors (Lipinski definition) is 4. The van der Waals surface area contributed by atoms with Crippen molar-refractivity contribution in [3.8, 4) is 22.6 Å². The van der Waals surface area contributed by atoms with Gasteiger partial charge in [0, 0.05) is 16.8 Å². The Kier molecular flexibility index (Phi) is 4.11. The van der Waals surface area contributed by atoms with Gasteiger partial charge in [-0.2, -0.15) is 0 Å². The molecule has 0 saturated heterocycles. The molecule has 0 bridgehead atoms. The first-order valence-electron chi connectivity index (χ1n) is 8.18. The van der Waals surface area contributed by atoms with Crippen molar-refractivity contribution in [2.75, 3.05) is 5.32 Å². The van der Waals surface area contributed by atoms with Crippen molar-refractivity contribution in [1.29, 1.82) is 0 Å². The van der Waals surface area contributed by atoms with Gasteiger partial charge in [0.15, 0.2) is 17.8 Å². The molecule has 0 atom stereocenters. The van der Waals surface area contributed by atoms with E-state index < -0.39 is 0 Å². The monoisotopic (exact) mass is 344 g/mol. The molecule has 26 heavy (non-hydrogen) atoms. The summed E-state index contributed by atoms with van der Waals surface area (Å²) in [7, 11) is 0. The quantitative estimate of drug-likeness (QED) is 0.555. The summed E-state index contributed by atoms with van der Waals surface area (Å²) in [6.07, 6.45) is 1.28. The van der Waals surface area contributed by atoms with Gasteiger partial charge in [0.05, 0.1) is 0 Å². The Hall–Kier alpha value is -3.60. The number of carbonyl (C=O) groups is 1. The van der Waals surface area contributed by atoms with Crippen LogP contribution in [0.4, 0.5) is 5.69 Å². The Labute approximate surface area is 150 Å². The van der Waals surface area contributed by atoms with Gasteiger partial charge in [-0.3, -0.25) is 4.79 Å². The van der Waals surface area contributed by atoms with E-state index in [9.17, 15) is 4.79 Å². The molecular weight excluding hydrogens is 328 g/mol. The van der Waals surface area contributed by atoms with Crippen LogP contribution >= 0.6 is 0 Å². The highest BCUT2D eigenvalue weighted by Crippen LogP contribution is 2.25. The van der Waals surface area contributed by atoms with E-state index in [1.54, 1.807) is 0 Å². The molecule has 0 saturated carbocycles. The van der Waals surface area contributed by atoms with E-state index in [0.717, 1.165) is 22.6 Å². The molecule has 2 aromatic heterocycles. The number of carbonyl (C=O) groups excluding carboxylic acids is 1. The van der Waals surface area contributed by atoms with Crippen molar-refractivity contribution in [1.82, 2.24) is 4.98 Å². The highest BCUT2D eigenvalue weighted by molar-refractivity contribution is 6.06.